The van der Waals surface area contributed by atoms with E-state index < -0.39 is 0 Å². The van der Waals surface area contributed by atoms with Crippen molar-refractivity contribution >= 4 is 22.6 Å². The summed E-state index contributed by atoms with van der Waals surface area (Å²) in [5.41, 5.74) is 8.35. The fraction of sp³-hybridized carbons (Fsp3) is 0.154. The van der Waals surface area contributed by atoms with E-state index in [1.165, 1.54) is 3.57 Å². The predicted molar refractivity (Wildman–Crippen MR) is 74.0 cm³/mol. The van der Waals surface area contributed by atoms with E-state index in [0.29, 0.717) is 0 Å². The standard InChI is InChI=1S/C13H13IN2/c14-11-5-3-4-10(8-11)13(15)9-12-6-1-2-7-16-12/h1-8,13H,9,15H2. The number of aromatic nitrogens is 1. The summed E-state index contributed by atoms with van der Waals surface area (Å²) >= 11 is 2.30. The lowest BCUT2D eigenvalue weighted by Crippen LogP contribution is -2.14. The van der Waals surface area contributed by atoms with Crippen LogP contribution in [0.1, 0.15) is 17.3 Å². The number of hydrogen-bond donors (Lipinski definition) is 1. The van der Waals surface area contributed by atoms with Crippen LogP contribution >= 0.6 is 22.6 Å². The Morgan fingerprint density at radius 1 is 1.19 bits per heavy atom. The summed E-state index contributed by atoms with van der Waals surface area (Å²) in [4.78, 5) is 4.28. The number of nitrogens with two attached hydrogens (primary N) is 1. The molecule has 0 amide bonds. The molecule has 2 rings (SSSR count). The van der Waals surface area contributed by atoms with Crippen LogP contribution in [0.25, 0.3) is 0 Å². The topological polar surface area (TPSA) is 38.9 Å². The predicted octanol–water partition coefficient (Wildman–Crippen LogP) is 2.93. The molecule has 0 radical (unpaired) electrons. The highest BCUT2D eigenvalue weighted by atomic mass is 127. The quantitative estimate of drug-likeness (QED) is 0.882. The SMILES string of the molecule is NC(Cc1ccccn1)c1cccc(I)c1. The van der Waals surface area contributed by atoms with E-state index in [-0.39, 0.29) is 6.04 Å². The van der Waals surface area contributed by atoms with E-state index in [4.69, 9.17) is 5.73 Å². The third-order valence-corrected chi connectivity index (χ3v) is 3.10. The number of pyridine rings is 1. The maximum Gasteiger partial charge on any atom is 0.0422 e. The first-order valence-corrected chi connectivity index (χ1v) is 6.24. The van der Waals surface area contributed by atoms with Crippen molar-refractivity contribution in [2.45, 2.75) is 12.5 Å². The maximum atomic E-state index is 6.15. The fourth-order valence-electron chi connectivity index (χ4n) is 1.60. The molecule has 2 nitrogen and oxygen atoms in total. The van der Waals surface area contributed by atoms with Crippen molar-refractivity contribution in [3.63, 3.8) is 0 Å². The molecule has 0 saturated carbocycles. The summed E-state index contributed by atoms with van der Waals surface area (Å²) < 4.78 is 1.21. The van der Waals surface area contributed by atoms with Crippen LogP contribution in [0.15, 0.2) is 48.7 Å². The monoisotopic (exact) mass is 324 g/mol. The second kappa shape index (κ2) is 5.41. The van der Waals surface area contributed by atoms with Gasteiger partial charge in [-0.3, -0.25) is 4.98 Å². The van der Waals surface area contributed by atoms with Gasteiger partial charge in [-0.05, 0) is 52.4 Å². The Kier molecular flexibility index (Phi) is 3.90. The van der Waals surface area contributed by atoms with Crippen LogP contribution in [0, 0.1) is 3.57 Å². The van der Waals surface area contributed by atoms with Gasteiger partial charge in [-0.25, -0.2) is 0 Å². The van der Waals surface area contributed by atoms with E-state index in [2.05, 4.69) is 45.8 Å². The highest BCUT2D eigenvalue weighted by molar-refractivity contribution is 14.1. The molecule has 0 aliphatic rings. The molecule has 2 aromatic rings. The first-order chi connectivity index (χ1) is 7.75. The Morgan fingerprint density at radius 3 is 2.75 bits per heavy atom. The smallest absolute Gasteiger partial charge is 0.0422 e. The molecule has 0 aliphatic heterocycles. The van der Waals surface area contributed by atoms with Crippen LogP contribution in [0.3, 0.4) is 0 Å². The maximum absolute atomic E-state index is 6.15. The number of hydrogen-bond acceptors (Lipinski definition) is 2. The molecule has 0 saturated heterocycles. The van der Waals surface area contributed by atoms with Crippen molar-refractivity contribution in [2.24, 2.45) is 5.73 Å². The number of nitrogens with zero attached hydrogens (tertiary/aromatic N) is 1. The van der Waals surface area contributed by atoms with E-state index in [1.807, 2.05) is 24.3 Å². The molecular weight excluding hydrogens is 311 g/mol. The fourth-order valence-corrected chi connectivity index (χ4v) is 2.17. The van der Waals surface area contributed by atoms with Crippen molar-refractivity contribution in [2.75, 3.05) is 0 Å². The van der Waals surface area contributed by atoms with Gasteiger partial charge in [0, 0.05) is 27.9 Å². The Bertz CT molecular complexity index is 456. The summed E-state index contributed by atoms with van der Waals surface area (Å²) in [6, 6.07) is 14.2. The molecule has 0 spiro atoms. The van der Waals surface area contributed by atoms with Gasteiger partial charge in [0.05, 0.1) is 0 Å². The minimum Gasteiger partial charge on any atom is -0.324 e. The van der Waals surface area contributed by atoms with Gasteiger partial charge in [-0.1, -0.05) is 18.2 Å². The van der Waals surface area contributed by atoms with Crippen LogP contribution in [0.5, 0.6) is 0 Å². The normalized spacial score (nSPS) is 12.4. The average Bonchev–Trinajstić information content (AvgIpc) is 2.30. The molecule has 2 N–H and O–H groups in total. The van der Waals surface area contributed by atoms with Crippen LogP contribution in [0.2, 0.25) is 0 Å². The highest BCUT2D eigenvalue weighted by Crippen LogP contribution is 2.17. The van der Waals surface area contributed by atoms with Gasteiger partial charge in [0.2, 0.25) is 0 Å². The molecule has 1 unspecified atom stereocenters. The Morgan fingerprint density at radius 2 is 2.06 bits per heavy atom. The summed E-state index contributed by atoms with van der Waals surface area (Å²) in [5.74, 6) is 0. The van der Waals surface area contributed by atoms with Crippen molar-refractivity contribution in [3.8, 4) is 0 Å². The molecular formula is C13H13IN2. The second-order valence-electron chi connectivity index (χ2n) is 3.69. The second-order valence-corrected chi connectivity index (χ2v) is 4.93. The summed E-state index contributed by atoms with van der Waals surface area (Å²) in [6.45, 7) is 0. The molecule has 0 aliphatic carbocycles. The van der Waals surface area contributed by atoms with E-state index in [0.717, 1.165) is 17.7 Å². The largest absolute Gasteiger partial charge is 0.324 e. The minimum absolute atomic E-state index is 0.0182. The molecule has 3 heteroatoms. The lowest BCUT2D eigenvalue weighted by atomic mass is 10.0. The van der Waals surface area contributed by atoms with Gasteiger partial charge in [-0.15, -0.1) is 0 Å². The lowest BCUT2D eigenvalue weighted by Gasteiger charge is -2.11. The average molecular weight is 324 g/mol. The Hall–Kier alpha value is -0.940. The number of rotatable bonds is 3. The highest BCUT2D eigenvalue weighted by Gasteiger charge is 2.07. The van der Waals surface area contributed by atoms with Gasteiger partial charge in [-0.2, -0.15) is 0 Å². The minimum atomic E-state index is 0.0182. The molecule has 1 aromatic carbocycles. The first-order valence-electron chi connectivity index (χ1n) is 5.16. The van der Waals surface area contributed by atoms with Crippen molar-refractivity contribution in [1.29, 1.82) is 0 Å². The zero-order valence-electron chi connectivity index (χ0n) is 8.81. The molecule has 0 bridgehead atoms. The van der Waals surface area contributed by atoms with Crippen LogP contribution in [0.4, 0.5) is 0 Å². The van der Waals surface area contributed by atoms with E-state index >= 15 is 0 Å². The Labute approximate surface area is 109 Å². The third kappa shape index (κ3) is 3.02. The van der Waals surface area contributed by atoms with Gasteiger partial charge in [0.15, 0.2) is 0 Å². The van der Waals surface area contributed by atoms with Crippen molar-refractivity contribution in [3.05, 3.63) is 63.5 Å². The summed E-state index contributed by atoms with van der Waals surface area (Å²) in [5, 5.41) is 0. The molecule has 1 aromatic heterocycles. The first kappa shape index (κ1) is 11.5. The van der Waals surface area contributed by atoms with Gasteiger partial charge in [0.1, 0.15) is 0 Å². The van der Waals surface area contributed by atoms with Crippen molar-refractivity contribution in [1.82, 2.24) is 4.98 Å². The third-order valence-electron chi connectivity index (χ3n) is 2.43. The molecule has 0 fully saturated rings. The van der Waals surface area contributed by atoms with E-state index in [1.54, 1.807) is 6.20 Å². The van der Waals surface area contributed by atoms with Crippen molar-refractivity contribution < 1.29 is 0 Å². The summed E-state index contributed by atoms with van der Waals surface area (Å²) in [7, 11) is 0. The molecule has 82 valence electrons. The number of benzene rings is 1. The van der Waals surface area contributed by atoms with Gasteiger partial charge in [0.25, 0.3) is 0 Å². The van der Waals surface area contributed by atoms with E-state index in [9.17, 15) is 0 Å². The molecule has 1 atom stereocenters. The lowest BCUT2D eigenvalue weighted by molar-refractivity contribution is 0.706. The zero-order chi connectivity index (χ0) is 11.4. The summed E-state index contributed by atoms with van der Waals surface area (Å²) in [6.07, 6.45) is 2.58. The van der Waals surface area contributed by atoms with Crippen LogP contribution < -0.4 is 5.73 Å². The molecule has 1 heterocycles. The zero-order valence-corrected chi connectivity index (χ0v) is 11.0. The van der Waals surface area contributed by atoms with Crippen LogP contribution in [-0.4, -0.2) is 4.98 Å². The van der Waals surface area contributed by atoms with Gasteiger partial charge >= 0.3 is 0 Å². The van der Waals surface area contributed by atoms with Gasteiger partial charge < -0.3 is 5.73 Å². The molecule has 16 heavy (non-hydrogen) atoms. The number of halogens is 1. The Balaban J connectivity index is 2.12. The van der Waals surface area contributed by atoms with Crippen LogP contribution in [-0.2, 0) is 6.42 Å².